The summed E-state index contributed by atoms with van der Waals surface area (Å²) < 4.78 is 13.8. The molecule has 1 aromatic heterocycles. The van der Waals surface area contributed by atoms with Crippen molar-refractivity contribution in [2.24, 2.45) is 5.41 Å². The Morgan fingerprint density at radius 1 is 1.26 bits per heavy atom. The quantitative estimate of drug-likeness (QED) is 0.869. The van der Waals surface area contributed by atoms with Gasteiger partial charge in [-0.25, -0.2) is 4.39 Å². The van der Waals surface area contributed by atoms with Crippen LogP contribution in [0.15, 0.2) is 24.3 Å². The maximum Gasteiger partial charge on any atom is 0.124 e. The Labute approximate surface area is 136 Å². The molecule has 1 spiro atoms. The largest absolute Gasteiger partial charge is 0.392 e. The van der Waals surface area contributed by atoms with Crippen LogP contribution < -0.4 is 4.90 Å². The van der Waals surface area contributed by atoms with Crippen molar-refractivity contribution in [2.45, 2.75) is 45.1 Å². The van der Waals surface area contributed by atoms with Crippen LogP contribution in [-0.2, 0) is 0 Å². The van der Waals surface area contributed by atoms with Crippen molar-refractivity contribution >= 4 is 16.6 Å². The minimum absolute atomic E-state index is 0.0229. The summed E-state index contributed by atoms with van der Waals surface area (Å²) >= 11 is 0. The maximum absolute atomic E-state index is 13.8. The van der Waals surface area contributed by atoms with E-state index < -0.39 is 0 Å². The number of rotatable bonds is 1. The van der Waals surface area contributed by atoms with Crippen molar-refractivity contribution in [3.8, 4) is 0 Å². The summed E-state index contributed by atoms with van der Waals surface area (Å²) in [7, 11) is 0. The summed E-state index contributed by atoms with van der Waals surface area (Å²) in [5.74, 6) is -0.225. The average Bonchev–Trinajstić information content (AvgIpc) is 2.87. The molecule has 1 aliphatic heterocycles. The molecule has 2 aromatic rings. The number of hydrogen-bond acceptors (Lipinski definition) is 3. The molecule has 2 fully saturated rings. The van der Waals surface area contributed by atoms with Gasteiger partial charge < -0.3 is 10.0 Å². The lowest BCUT2D eigenvalue weighted by molar-refractivity contribution is 0.0410. The molecule has 0 bridgehead atoms. The predicted octanol–water partition coefficient (Wildman–Crippen LogP) is 3.81. The Morgan fingerprint density at radius 3 is 2.87 bits per heavy atom. The lowest BCUT2D eigenvalue weighted by atomic mass is 9.76. The fourth-order valence-corrected chi connectivity index (χ4v) is 4.53. The molecule has 4 heteroatoms. The number of benzene rings is 1. The van der Waals surface area contributed by atoms with Gasteiger partial charge in [-0.2, -0.15) is 0 Å². The van der Waals surface area contributed by atoms with Crippen LogP contribution in [0.3, 0.4) is 0 Å². The fraction of sp³-hybridized carbons (Fsp3) is 0.526. The average molecular weight is 314 g/mol. The van der Waals surface area contributed by atoms with Gasteiger partial charge >= 0.3 is 0 Å². The Hall–Kier alpha value is -1.68. The van der Waals surface area contributed by atoms with E-state index >= 15 is 0 Å². The topological polar surface area (TPSA) is 36.4 Å². The molecule has 1 aliphatic carbocycles. The first kappa shape index (κ1) is 14.9. The van der Waals surface area contributed by atoms with Gasteiger partial charge in [-0.1, -0.05) is 6.42 Å². The number of aryl methyl sites for hydroxylation is 1. The lowest BCUT2D eigenvalue weighted by Crippen LogP contribution is -2.47. The van der Waals surface area contributed by atoms with Crippen LogP contribution >= 0.6 is 0 Å². The van der Waals surface area contributed by atoms with Crippen LogP contribution in [0.1, 0.15) is 37.8 Å². The van der Waals surface area contributed by atoms with Gasteiger partial charge in [0.15, 0.2) is 0 Å². The Bertz CT molecular complexity index is 747. The molecule has 2 atom stereocenters. The summed E-state index contributed by atoms with van der Waals surface area (Å²) in [4.78, 5) is 6.88. The van der Waals surface area contributed by atoms with Gasteiger partial charge in [0, 0.05) is 35.3 Å². The van der Waals surface area contributed by atoms with E-state index in [1.54, 1.807) is 12.1 Å². The van der Waals surface area contributed by atoms with Gasteiger partial charge in [0.05, 0.1) is 11.6 Å². The molecule has 23 heavy (non-hydrogen) atoms. The maximum atomic E-state index is 13.8. The fourth-order valence-electron chi connectivity index (χ4n) is 4.53. The van der Waals surface area contributed by atoms with E-state index in [0.29, 0.717) is 0 Å². The normalized spacial score (nSPS) is 28.0. The summed E-state index contributed by atoms with van der Waals surface area (Å²) in [6.07, 6.45) is 5.10. The summed E-state index contributed by atoms with van der Waals surface area (Å²) in [5, 5.41) is 11.4. The van der Waals surface area contributed by atoms with Gasteiger partial charge in [0.1, 0.15) is 5.82 Å². The molecule has 122 valence electrons. The monoisotopic (exact) mass is 314 g/mol. The highest BCUT2D eigenvalue weighted by molar-refractivity contribution is 5.92. The number of aromatic nitrogens is 1. The highest BCUT2D eigenvalue weighted by Gasteiger charge is 2.44. The number of anilines is 1. The Morgan fingerprint density at radius 2 is 2.09 bits per heavy atom. The molecule has 1 N–H and O–H groups in total. The summed E-state index contributed by atoms with van der Waals surface area (Å²) in [5.41, 5.74) is 2.87. The second-order valence-corrected chi connectivity index (χ2v) is 7.24. The first-order valence-corrected chi connectivity index (χ1v) is 8.57. The molecule has 1 saturated heterocycles. The number of hydrogen-bond donors (Lipinski definition) is 1. The van der Waals surface area contributed by atoms with Gasteiger partial charge in [-0.15, -0.1) is 0 Å². The van der Waals surface area contributed by atoms with E-state index in [0.717, 1.165) is 67.5 Å². The highest BCUT2D eigenvalue weighted by Crippen LogP contribution is 2.46. The van der Waals surface area contributed by atoms with Crippen LogP contribution in [0, 0.1) is 18.2 Å². The Kier molecular flexibility index (Phi) is 3.52. The van der Waals surface area contributed by atoms with Crippen LogP contribution in [0.4, 0.5) is 10.1 Å². The SMILES string of the molecule is Cc1cc(N2CCC[C@]3(CCC[C@H]3O)C2)c2cc(F)ccc2n1. The van der Waals surface area contributed by atoms with E-state index in [1.165, 1.54) is 6.07 Å². The number of fused-ring (bicyclic) bond motifs is 1. The standard InChI is InChI=1S/C19H23FN2O/c1-13-10-17(15-11-14(20)5-6-16(15)21-13)22-9-3-8-19(12-22)7-2-4-18(19)23/h5-6,10-11,18,23H,2-4,7-9,12H2,1H3/t18-,19-/m1/s1. The van der Waals surface area contributed by atoms with Crippen molar-refractivity contribution in [1.82, 2.24) is 4.98 Å². The zero-order valence-corrected chi connectivity index (χ0v) is 13.6. The zero-order chi connectivity index (χ0) is 16.0. The van der Waals surface area contributed by atoms with Crippen LogP contribution in [0.25, 0.3) is 10.9 Å². The van der Waals surface area contributed by atoms with Crippen LogP contribution in [-0.4, -0.2) is 29.3 Å². The number of pyridine rings is 1. The van der Waals surface area contributed by atoms with E-state index in [4.69, 9.17) is 0 Å². The second-order valence-electron chi connectivity index (χ2n) is 7.24. The van der Waals surface area contributed by atoms with Crippen molar-refractivity contribution in [3.05, 3.63) is 35.8 Å². The predicted molar refractivity (Wildman–Crippen MR) is 90.2 cm³/mol. The molecule has 2 aliphatic rings. The van der Waals surface area contributed by atoms with Gasteiger partial charge in [-0.05, 0) is 56.9 Å². The minimum Gasteiger partial charge on any atom is -0.392 e. The van der Waals surface area contributed by atoms with Crippen LogP contribution in [0.5, 0.6) is 0 Å². The molecule has 3 nitrogen and oxygen atoms in total. The van der Waals surface area contributed by atoms with Crippen molar-refractivity contribution in [1.29, 1.82) is 0 Å². The van der Waals surface area contributed by atoms with E-state index in [-0.39, 0.29) is 17.3 Å². The number of aliphatic hydroxyl groups excluding tert-OH is 1. The van der Waals surface area contributed by atoms with E-state index in [9.17, 15) is 9.50 Å². The molecular formula is C19H23FN2O. The molecule has 0 unspecified atom stereocenters. The minimum atomic E-state index is -0.225. The lowest BCUT2D eigenvalue weighted by Gasteiger charge is -2.44. The van der Waals surface area contributed by atoms with Gasteiger partial charge in [0.2, 0.25) is 0 Å². The summed E-state index contributed by atoms with van der Waals surface area (Å²) in [6, 6.07) is 6.87. The second kappa shape index (κ2) is 5.45. The number of aliphatic hydroxyl groups is 1. The third-order valence-corrected chi connectivity index (χ3v) is 5.69. The number of halogens is 1. The van der Waals surface area contributed by atoms with Crippen LogP contribution in [0.2, 0.25) is 0 Å². The molecule has 1 aromatic carbocycles. The molecule has 2 heterocycles. The number of piperidine rings is 1. The molecule has 4 rings (SSSR count). The van der Waals surface area contributed by atoms with Crippen molar-refractivity contribution in [3.63, 3.8) is 0 Å². The van der Waals surface area contributed by atoms with E-state index in [1.807, 2.05) is 6.92 Å². The first-order valence-electron chi connectivity index (χ1n) is 8.57. The molecule has 0 amide bonds. The molecule has 0 radical (unpaired) electrons. The zero-order valence-electron chi connectivity index (χ0n) is 13.6. The third-order valence-electron chi connectivity index (χ3n) is 5.69. The molecular weight excluding hydrogens is 291 g/mol. The third kappa shape index (κ3) is 2.49. The smallest absolute Gasteiger partial charge is 0.124 e. The van der Waals surface area contributed by atoms with Gasteiger partial charge in [0.25, 0.3) is 0 Å². The Balaban J connectivity index is 1.77. The van der Waals surface area contributed by atoms with Gasteiger partial charge in [-0.3, -0.25) is 4.98 Å². The van der Waals surface area contributed by atoms with Crippen molar-refractivity contribution in [2.75, 3.05) is 18.0 Å². The first-order chi connectivity index (χ1) is 11.1. The van der Waals surface area contributed by atoms with E-state index in [2.05, 4.69) is 16.0 Å². The summed E-state index contributed by atoms with van der Waals surface area (Å²) in [6.45, 7) is 3.81. The highest BCUT2D eigenvalue weighted by atomic mass is 19.1. The molecule has 1 saturated carbocycles. The van der Waals surface area contributed by atoms with Crippen molar-refractivity contribution < 1.29 is 9.50 Å². The number of nitrogens with zero attached hydrogens (tertiary/aromatic N) is 2.